The number of aromatic nitrogens is 2. The molecule has 0 bridgehead atoms. The van der Waals surface area contributed by atoms with Gasteiger partial charge in [0.05, 0.1) is 11.0 Å². The van der Waals surface area contributed by atoms with Crippen LogP contribution < -0.4 is 15.5 Å². The van der Waals surface area contributed by atoms with E-state index in [1.54, 1.807) is 19.2 Å². The van der Waals surface area contributed by atoms with Crippen LogP contribution in [0.1, 0.15) is 68.1 Å². The maximum Gasteiger partial charge on any atom is 0.353 e. The van der Waals surface area contributed by atoms with Crippen molar-refractivity contribution in [1.29, 1.82) is 0 Å². The number of nitrogens with one attached hydrogen (secondary N) is 1. The van der Waals surface area contributed by atoms with Gasteiger partial charge >= 0.3 is 5.97 Å². The van der Waals surface area contributed by atoms with Crippen molar-refractivity contribution in [1.82, 2.24) is 9.55 Å². The molecule has 1 aromatic carbocycles. The highest BCUT2D eigenvalue weighted by molar-refractivity contribution is 7.12. The van der Waals surface area contributed by atoms with E-state index in [0.717, 1.165) is 36.0 Å². The molecule has 0 saturated carbocycles. The van der Waals surface area contributed by atoms with Gasteiger partial charge in [-0.3, -0.25) is 14.4 Å². The van der Waals surface area contributed by atoms with Gasteiger partial charge in [-0.25, -0.2) is 9.78 Å². The quantitative estimate of drug-likeness (QED) is 0.178. The molecule has 0 spiro atoms. The number of Topliss-reactive ketones (excluding diaryl/α,β-unsaturated/α-hetero) is 1. The second-order valence-electron chi connectivity index (χ2n) is 9.43. The molecule has 36 heavy (non-hydrogen) atoms. The molecular weight excluding hydrogens is 472 g/mol. The van der Waals surface area contributed by atoms with E-state index in [-0.39, 0.29) is 5.97 Å². The van der Waals surface area contributed by atoms with Crippen molar-refractivity contribution in [2.24, 2.45) is 10.9 Å². The molecule has 7 nitrogen and oxygen atoms in total. The zero-order valence-electron chi connectivity index (χ0n) is 21.9. The number of hydrogen-bond donors (Lipinski definition) is 1. The third-order valence-electron chi connectivity index (χ3n) is 5.76. The molecule has 0 fully saturated rings. The van der Waals surface area contributed by atoms with Crippen molar-refractivity contribution < 1.29 is 14.3 Å². The first kappa shape index (κ1) is 27.3. The lowest BCUT2D eigenvalue weighted by molar-refractivity contribution is -0.119. The van der Waals surface area contributed by atoms with E-state index < -0.39 is 0 Å². The van der Waals surface area contributed by atoms with Gasteiger partial charge in [0.1, 0.15) is 16.4 Å². The number of aryl methyl sites for hydroxylation is 1. The summed E-state index contributed by atoms with van der Waals surface area (Å²) in [6, 6.07) is 7.29. The molecule has 2 aromatic heterocycles. The van der Waals surface area contributed by atoms with Gasteiger partial charge in [0.2, 0.25) is 0 Å². The lowest BCUT2D eigenvalue weighted by Gasteiger charge is -2.16. The van der Waals surface area contributed by atoms with Crippen molar-refractivity contribution in [2.45, 2.75) is 59.8 Å². The number of ketones is 1. The van der Waals surface area contributed by atoms with Gasteiger partial charge in [0, 0.05) is 38.2 Å². The maximum absolute atomic E-state index is 12.6. The monoisotopic (exact) mass is 508 g/mol. The minimum atomic E-state index is -0.375. The van der Waals surface area contributed by atoms with Gasteiger partial charge in [-0.05, 0) is 61.7 Å². The van der Waals surface area contributed by atoms with E-state index >= 15 is 0 Å². The number of benzene rings is 1. The maximum atomic E-state index is 12.6. The van der Waals surface area contributed by atoms with E-state index in [0.29, 0.717) is 58.5 Å². The molecule has 0 atom stereocenters. The summed E-state index contributed by atoms with van der Waals surface area (Å²) in [6.07, 6.45) is 4.08. The zero-order chi connectivity index (χ0) is 26.2. The second-order valence-corrected chi connectivity index (χ2v) is 10.3. The van der Waals surface area contributed by atoms with Crippen molar-refractivity contribution in [3.8, 4) is 5.75 Å². The summed E-state index contributed by atoms with van der Waals surface area (Å²) in [5, 5.41) is 5.28. The normalized spacial score (nSPS) is 11.8. The van der Waals surface area contributed by atoms with E-state index in [1.165, 1.54) is 11.3 Å². The molecule has 192 valence electrons. The Bertz CT molecular complexity index is 1320. The number of hydrogen-bond acceptors (Lipinski definition) is 7. The number of thiophene rings is 1. The Kier molecular flexibility index (Phi) is 9.58. The van der Waals surface area contributed by atoms with Gasteiger partial charge in [-0.2, -0.15) is 0 Å². The summed E-state index contributed by atoms with van der Waals surface area (Å²) in [4.78, 5) is 34.4. The lowest BCUT2D eigenvalue weighted by Crippen LogP contribution is -2.26. The molecule has 1 N–H and O–H groups in total. The number of anilines is 1. The Morgan fingerprint density at radius 1 is 1.22 bits per heavy atom. The van der Waals surface area contributed by atoms with Crippen LogP contribution in [0.15, 0.2) is 41.2 Å². The summed E-state index contributed by atoms with van der Waals surface area (Å²) < 4.78 is 7.59. The lowest BCUT2D eigenvalue weighted by atomic mass is 10.0. The Morgan fingerprint density at radius 2 is 2.00 bits per heavy atom. The number of carbonyl (C=O) groups is 2. The van der Waals surface area contributed by atoms with Crippen LogP contribution in [-0.4, -0.2) is 34.9 Å². The largest absolute Gasteiger partial charge is 0.422 e. The third kappa shape index (κ3) is 6.91. The third-order valence-corrected chi connectivity index (χ3v) is 6.75. The van der Waals surface area contributed by atoms with E-state index in [2.05, 4.69) is 30.7 Å². The van der Waals surface area contributed by atoms with Gasteiger partial charge in [-0.1, -0.05) is 26.8 Å². The van der Waals surface area contributed by atoms with Gasteiger partial charge < -0.3 is 10.1 Å². The summed E-state index contributed by atoms with van der Waals surface area (Å²) in [5.41, 5.74) is 3.87. The second kappa shape index (κ2) is 12.6. The smallest absolute Gasteiger partial charge is 0.353 e. The van der Waals surface area contributed by atoms with Crippen LogP contribution in [0.5, 0.6) is 5.75 Å². The summed E-state index contributed by atoms with van der Waals surface area (Å²) >= 11 is 1.37. The molecule has 3 rings (SSSR count). The molecule has 0 amide bonds. The molecule has 2 heterocycles. The van der Waals surface area contributed by atoms with Gasteiger partial charge in [0.15, 0.2) is 11.3 Å². The van der Waals surface area contributed by atoms with Crippen LogP contribution >= 0.6 is 11.3 Å². The summed E-state index contributed by atoms with van der Waals surface area (Å²) in [6.45, 7) is 12.8. The average Bonchev–Trinajstić information content (AvgIpc) is 3.25. The van der Waals surface area contributed by atoms with Crippen LogP contribution in [0.2, 0.25) is 0 Å². The number of rotatable bonds is 12. The Balaban J connectivity index is 1.77. The average molecular weight is 509 g/mol. The highest BCUT2D eigenvalue weighted by Gasteiger charge is 2.15. The first-order valence-electron chi connectivity index (χ1n) is 12.4. The molecule has 3 aromatic rings. The van der Waals surface area contributed by atoms with Crippen LogP contribution in [0.25, 0.3) is 16.7 Å². The van der Waals surface area contributed by atoms with E-state index in [1.807, 2.05) is 35.9 Å². The zero-order valence-corrected chi connectivity index (χ0v) is 22.7. The van der Waals surface area contributed by atoms with Crippen LogP contribution in [0, 0.1) is 12.8 Å². The predicted molar refractivity (Wildman–Crippen MR) is 148 cm³/mol. The molecule has 0 unspecified atom stereocenters. The Labute approximate surface area is 216 Å². The Morgan fingerprint density at radius 3 is 2.64 bits per heavy atom. The van der Waals surface area contributed by atoms with E-state index in [4.69, 9.17) is 9.72 Å². The molecule has 0 aliphatic carbocycles. The number of nitrogens with zero attached hydrogens (tertiary/aromatic N) is 3. The SMILES string of the molecule is C=C(C)n1c(=NC)c(NCCCCCC(=O)CC(C)C)nc2cc(OC(=O)c3sccc3C)ccc21. The number of unbranched alkanes of at least 4 members (excludes halogenated alkanes) is 2. The first-order chi connectivity index (χ1) is 17.2. The minimum Gasteiger partial charge on any atom is -0.422 e. The van der Waals surface area contributed by atoms with Crippen LogP contribution in [-0.2, 0) is 4.79 Å². The first-order valence-corrected chi connectivity index (χ1v) is 13.3. The number of carbonyl (C=O) groups excluding carboxylic acids is 2. The Hall–Kier alpha value is -3.26. The fraction of sp³-hybridized carbons (Fsp3) is 0.429. The van der Waals surface area contributed by atoms with Crippen molar-refractivity contribution in [3.05, 3.63) is 52.2 Å². The highest BCUT2D eigenvalue weighted by Crippen LogP contribution is 2.24. The standard InChI is InChI=1S/C28H36N4O3S/c1-18(2)16-21(33)10-8-7-9-14-30-26-27(29-6)32(19(3)4)24-12-11-22(17-23(24)31-26)35-28(34)25-20(5)13-15-36-25/h11-13,15,17-18H,3,7-10,14,16H2,1-2,4-6H3,(H,30,31). The van der Waals surface area contributed by atoms with Crippen molar-refractivity contribution in [3.63, 3.8) is 0 Å². The van der Waals surface area contributed by atoms with Gasteiger partial charge in [0.25, 0.3) is 0 Å². The fourth-order valence-corrected chi connectivity index (χ4v) is 4.87. The van der Waals surface area contributed by atoms with Gasteiger partial charge in [-0.15, -0.1) is 11.3 Å². The molecular formula is C28H36N4O3S. The van der Waals surface area contributed by atoms with Crippen LogP contribution in [0.3, 0.4) is 0 Å². The summed E-state index contributed by atoms with van der Waals surface area (Å²) in [7, 11) is 1.73. The number of allylic oxidation sites excluding steroid dienone is 1. The molecule has 8 heteroatoms. The number of esters is 1. The molecule has 0 aliphatic heterocycles. The van der Waals surface area contributed by atoms with Crippen molar-refractivity contribution >= 4 is 45.6 Å². The highest BCUT2D eigenvalue weighted by atomic mass is 32.1. The minimum absolute atomic E-state index is 0.342. The molecule has 0 aliphatic rings. The molecule has 0 saturated heterocycles. The van der Waals surface area contributed by atoms with Crippen LogP contribution in [0.4, 0.5) is 5.82 Å². The summed E-state index contributed by atoms with van der Waals surface area (Å²) in [5.74, 6) is 1.45. The number of fused-ring (bicyclic) bond motifs is 1. The topological polar surface area (TPSA) is 85.6 Å². The number of ether oxygens (including phenoxy) is 1. The molecule has 0 radical (unpaired) electrons. The van der Waals surface area contributed by atoms with E-state index in [9.17, 15) is 9.59 Å². The predicted octanol–water partition coefficient (Wildman–Crippen LogP) is 6.23. The van der Waals surface area contributed by atoms with Crippen molar-refractivity contribution in [2.75, 3.05) is 18.9 Å². The fourth-order valence-electron chi connectivity index (χ4n) is 4.07.